The number of rotatable bonds is 9. The fraction of sp³-hybridized carbons (Fsp3) is 0.421. The van der Waals surface area contributed by atoms with Crippen LogP contribution in [-0.4, -0.2) is 42.5 Å². The highest BCUT2D eigenvalue weighted by Crippen LogP contribution is 2.32. The van der Waals surface area contributed by atoms with Gasteiger partial charge in [0.1, 0.15) is 0 Å². The molecule has 1 fully saturated rings. The maximum atomic E-state index is 5.85. The van der Waals surface area contributed by atoms with Crippen molar-refractivity contribution in [3.63, 3.8) is 0 Å². The standard InChI is InChI=1S/C19H26N2O2/c1-4-8-18-22-14-17(15-23-18)19(16-9-7-10-20-13-16)21(11-5-2)12-6-3/h4-7,9-10,13,17-19H,1-3,8,11-12,14-15H2. The second kappa shape index (κ2) is 9.40. The van der Waals surface area contributed by atoms with Gasteiger partial charge >= 0.3 is 0 Å². The van der Waals surface area contributed by atoms with E-state index in [-0.39, 0.29) is 18.2 Å². The Morgan fingerprint density at radius 1 is 1.17 bits per heavy atom. The molecule has 1 aliphatic heterocycles. The molecule has 1 unspecified atom stereocenters. The second-order valence-electron chi connectivity index (χ2n) is 5.64. The number of pyridine rings is 1. The molecule has 0 aromatic carbocycles. The first-order valence-electron chi connectivity index (χ1n) is 8.00. The van der Waals surface area contributed by atoms with Crippen LogP contribution in [0.3, 0.4) is 0 Å². The predicted molar refractivity (Wildman–Crippen MR) is 92.9 cm³/mol. The summed E-state index contributed by atoms with van der Waals surface area (Å²) in [6.45, 7) is 14.3. The molecular formula is C19H26N2O2. The fourth-order valence-corrected chi connectivity index (χ4v) is 2.98. The van der Waals surface area contributed by atoms with Crippen LogP contribution in [0, 0.1) is 5.92 Å². The molecule has 0 aliphatic carbocycles. The number of hydrogen-bond acceptors (Lipinski definition) is 4. The Morgan fingerprint density at radius 3 is 2.39 bits per heavy atom. The summed E-state index contributed by atoms with van der Waals surface area (Å²) in [5.74, 6) is 0.236. The van der Waals surface area contributed by atoms with Crippen molar-refractivity contribution in [1.29, 1.82) is 0 Å². The lowest BCUT2D eigenvalue weighted by atomic mass is 9.92. The van der Waals surface area contributed by atoms with E-state index in [2.05, 4.69) is 35.7 Å². The molecule has 1 saturated heterocycles. The van der Waals surface area contributed by atoms with Crippen LogP contribution < -0.4 is 0 Å². The van der Waals surface area contributed by atoms with Crippen molar-refractivity contribution in [3.8, 4) is 0 Å². The Kier molecular flexibility index (Phi) is 7.20. The first-order valence-corrected chi connectivity index (χ1v) is 8.00. The summed E-state index contributed by atoms with van der Waals surface area (Å²) < 4.78 is 11.7. The van der Waals surface area contributed by atoms with E-state index >= 15 is 0 Å². The molecule has 1 atom stereocenters. The van der Waals surface area contributed by atoms with Crippen molar-refractivity contribution in [2.75, 3.05) is 26.3 Å². The molecule has 124 valence electrons. The van der Waals surface area contributed by atoms with E-state index in [1.165, 1.54) is 0 Å². The van der Waals surface area contributed by atoms with E-state index in [1.54, 1.807) is 6.20 Å². The summed E-state index contributed by atoms with van der Waals surface area (Å²) >= 11 is 0. The summed E-state index contributed by atoms with van der Waals surface area (Å²) in [7, 11) is 0. The minimum atomic E-state index is -0.175. The minimum absolute atomic E-state index is 0.157. The van der Waals surface area contributed by atoms with E-state index in [0.29, 0.717) is 19.6 Å². The third kappa shape index (κ3) is 4.86. The average Bonchev–Trinajstić information content (AvgIpc) is 2.58. The summed E-state index contributed by atoms with van der Waals surface area (Å²) in [5.41, 5.74) is 1.16. The van der Waals surface area contributed by atoms with Gasteiger partial charge in [-0.2, -0.15) is 0 Å². The van der Waals surface area contributed by atoms with Crippen molar-refractivity contribution in [3.05, 3.63) is 68.1 Å². The molecular weight excluding hydrogens is 288 g/mol. The monoisotopic (exact) mass is 314 g/mol. The molecule has 1 aliphatic rings. The maximum Gasteiger partial charge on any atom is 0.160 e. The maximum absolute atomic E-state index is 5.85. The molecule has 1 aromatic heterocycles. The van der Waals surface area contributed by atoms with Crippen molar-refractivity contribution < 1.29 is 9.47 Å². The lowest BCUT2D eigenvalue weighted by molar-refractivity contribution is -0.207. The van der Waals surface area contributed by atoms with Gasteiger partial charge in [0, 0.05) is 43.9 Å². The number of hydrogen-bond donors (Lipinski definition) is 0. The number of ether oxygens (including phenoxy) is 2. The van der Waals surface area contributed by atoms with Crippen LogP contribution in [-0.2, 0) is 9.47 Å². The molecule has 1 aromatic rings. The normalized spacial score (nSPS) is 22.5. The molecule has 0 amide bonds. The second-order valence-corrected chi connectivity index (χ2v) is 5.64. The predicted octanol–water partition coefficient (Wildman–Crippen LogP) is 3.36. The molecule has 0 bridgehead atoms. The molecule has 2 rings (SSSR count). The van der Waals surface area contributed by atoms with Crippen LogP contribution in [0.25, 0.3) is 0 Å². The SMILES string of the molecule is C=CCC1OCC(C(c2cccnc2)N(CC=C)CC=C)CO1. The molecule has 0 N–H and O–H groups in total. The van der Waals surface area contributed by atoms with Crippen molar-refractivity contribution in [1.82, 2.24) is 9.88 Å². The summed E-state index contributed by atoms with van der Waals surface area (Å²) in [6.07, 6.45) is 9.90. The van der Waals surface area contributed by atoms with Gasteiger partial charge in [-0.1, -0.05) is 24.3 Å². The van der Waals surface area contributed by atoms with Gasteiger partial charge in [0.2, 0.25) is 0 Å². The highest BCUT2D eigenvalue weighted by atomic mass is 16.7. The van der Waals surface area contributed by atoms with E-state index in [9.17, 15) is 0 Å². The highest BCUT2D eigenvalue weighted by Gasteiger charge is 2.32. The van der Waals surface area contributed by atoms with Gasteiger partial charge < -0.3 is 9.47 Å². The lowest BCUT2D eigenvalue weighted by Crippen LogP contribution is -2.42. The minimum Gasteiger partial charge on any atom is -0.352 e. The van der Waals surface area contributed by atoms with Gasteiger partial charge in [-0.25, -0.2) is 0 Å². The number of aromatic nitrogens is 1. The quantitative estimate of drug-likeness (QED) is 0.655. The fourth-order valence-electron chi connectivity index (χ4n) is 2.98. The van der Waals surface area contributed by atoms with Gasteiger partial charge in [0.25, 0.3) is 0 Å². The molecule has 23 heavy (non-hydrogen) atoms. The zero-order chi connectivity index (χ0) is 16.5. The smallest absolute Gasteiger partial charge is 0.160 e. The van der Waals surface area contributed by atoms with Crippen molar-refractivity contribution in [2.45, 2.75) is 18.8 Å². The van der Waals surface area contributed by atoms with Gasteiger partial charge in [-0.05, 0) is 11.6 Å². The third-order valence-corrected chi connectivity index (χ3v) is 3.94. The van der Waals surface area contributed by atoms with Crippen LogP contribution in [0.15, 0.2) is 62.5 Å². The topological polar surface area (TPSA) is 34.6 Å². The first kappa shape index (κ1) is 17.6. The van der Waals surface area contributed by atoms with Gasteiger partial charge in [0.15, 0.2) is 6.29 Å². The molecule has 2 heterocycles. The zero-order valence-corrected chi connectivity index (χ0v) is 13.6. The van der Waals surface area contributed by atoms with E-state index in [4.69, 9.17) is 9.47 Å². The van der Waals surface area contributed by atoms with E-state index in [0.717, 1.165) is 18.7 Å². The first-order chi connectivity index (χ1) is 11.3. The lowest BCUT2D eigenvalue weighted by Gasteiger charge is -2.39. The largest absolute Gasteiger partial charge is 0.352 e. The molecule has 4 nitrogen and oxygen atoms in total. The average molecular weight is 314 g/mol. The molecule has 4 heteroatoms. The van der Waals surface area contributed by atoms with Crippen LogP contribution in [0.1, 0.15) is 18.0 Å². The van der Waals surface area contributed by atoms with Crippen molar-refractivity contribution >= 4 is 0 Å². The van der Waals surface area contributed by atoms with Gasteiger partial charge in [0.05, 0.1) is 13.2 Å². The van der Waals surface area contributed by atoms with E-state index in [1.807, 2.05) is 30.5 Å². The summed E-state index contributed by atoms with van der Waals surface area (Å²) in [4.78, 5) is 6.60. The van der Waals surface area contributed by atoms with Gasteiger partial charge in [-0.3, -0.25) is 9.88 Å². The third-order valence-electron chi connectivity index (χ3n) is 3.94. The van der Waals surface area contributed by atoms with Gasteiger partial charge in [-0.15, -0.1) is 19.7 Å². The summed E-state index contributed by atoms with van der Waals surface area (Å²) in [6, 6.07) is 4.23. The Bertz CT molecular complexity index is 485. The Hall–Kier alpha value is -1.75. The van der Waals surface area contributed by atoms with Crippen LogP contribution in [0.4, 0.5) is 0 Å². The van der Waals surface area contributed by atoms with E-state index < -0.39 is 0 Å². The number of nitrogens with zero attached hydrogens (tertiary/aromatic N) is 2. The Labute approximate surface area is 139 Å². The van der Waals surface area contributed by atoms with Crippen LogP contribution in [0.2, 0.25) is 0 Å². The highest BCUT2D eigenvalue weighted by molar-refractivity contribution is 5.16. The molecule has 0 radical (unpaired) electrons. The molecule has 0 saturated carbocycles. The van der Waals surface area contributed by atoms with Crippen LogP contribution >= 0.6 is 0 Å². The Balaban J connectivity index is 2.18. The zero-order valence-electron chi connectivity index (χ0n) is 13.6. The van der Waals surface area contributed by atoms with Crippen LogP contribution in [0.5, 0.6) is 0 Å². The molecule has 0 spiro atoms. The Morgan fingerprint density at radius 2 is 1.87 bits per heavy atom. The summed E-state index contributed by atoms with van der Waals surface area (Å²) in [5, 5.41) is 0. The van der Waals surface area contributed by atoms with Crippen molar-refractivity contribution in [2.24, 2.45) is 5.92 Å².